The highest BCUT2D eigenvalue weighted by Crippen LogP contribution is 2.34. The number of benzene rings is 1. The summed E-state index contributed by atoms with van der Waals surface area (Å²) in [5.74, 6) is 1.56. The first-order valence-electron chi connectivity index (χ1n) is 6.44. The zero-order chi connectivity index (χ0) is 13.9. The molecular weight excluding hydrogens is 259 g/mol. The molecule has 1 aliphatic heterocycles. The average Bonchev–Trinajstić information content (AvgIpc) is 2.46. The molecule has 0 aliphatic carbocycles. The lowest BCUT2D eigenvalue weighted by Crippen LogP contribution is -2.33. The first-order valence-corrected chi connectivity index (χ1v) is 6.44. The van der Waals surface area contributed by atoms with Crippen molar-refractivity contribution < 1.29 is 13.9 Å². The molecule has 3 rings (SSSR count). The van der Waals surface area contributed by atoms with E-state index in [9.17, 15) is 4.39 Å². The molecule has 0 bridgehead atoms. The zero-order valence-electron chi connectivity index (χ0n) is 11.1. The van der Waals surface area contributed by atoms with E-state index in [1.807, 2.05) is 18.2 Å². The van der Waals surface area contributed by atoms with Crippen LogP contribution in [0, 0.1) is 5.95 Å². The minimum Gasteiger partial charge on any atom is -0.493 e. The SMILES string of the molecule is COc1cccc2c1OCC(Nc1cccc(F)n1)C2. The molecule has 1 aromatic carbocycles. The first-order chi connectivity index (χ1) is 9.76. The van der Waals surface area contributed by atoms with Gasteiger partial charge in [0.25, 0.3) is 0 Å². The van der Waals surface area contributed by atoms with Gasteiger partial charge in [0.1, 0.15) is 12.4 Å². The van der Waals surface area contributed by atoms with Gasteiger partial charge in [-0.05, 0) is 24.6 Å². The lowest BCUT2D eigenvalue weighted by Gasteiger charge is -2.27. The first kappa shape index (κ1) is 12.7. The number of pyridine rings is 1. The van der Waals surface area contributed by atoms with Crippen molar-refractivity contribution >= 4 is 5.82 Å². The van der Waals surface area contributed by atoms with E-state index in [1.165, 1.54) is 6.07 Å². The Labute approximate surface area is 116 Å². The molecule has 1 aromatic heterocycles. The highest BCUT2D eigenvalue weighted by Gasteiger charge is 2.22. The number of aromatic nitrogens is 1. The molecule has 5 heteroatoms. The number of hydrogen-bond acceptors (Lipinski definition) is 4. The number of hydrogen-bond donors (Lipinski definition) is 1. The summed E-state index contributed by atoms with van der Waals surface area (Å²) in [6, 6.07) is 10.6. The van der Waals surface area contributed by atoms with Crippen molar-refractivity contribution in [1.29, 1.82) is 0 Å². The summed E-state index contributed by atoms with van der Waals surface area (Å²) >= 11 is 0. The van der Waals surface area contributed by atoms with Gasteiger partial charge in [0.2, 0.25) is 5.95 Å². The van der Waals surface area contributed by atoms with Crippen molar-refractivity contribution in [2.75, 3.05) is 19.0 Å². The van der Waals surface area contributed by atoms with E-state index in [0.29, 0.717) is 12.4 Å². The van der Waals surface area contributed by atoms with Crippen LogP contribution in [0.15, 0.2) is 36.4 Å². The van der Waals surface area contributed by atoms with Crippen molar-refractivity contribution in [2.45, 2.75) is 12.5 Å². The molecule has 1 atom stereocenters. The highest BCUT2D eigenvalue weighted by atomic mass is 19.1. The lowest BCUT2D eigenvalue weighted by molar-refractivity contribution is 0.256. The van der Waals surface area contributed by atoms with Crippen LogP contribution in [-0.4, -0.2) is 24.7 Å². The van der Waals surface area contributed by atoms with Crippen molar-refractivity contribution in [3.05, 3.63) is 47.9 Å². The predicted molar refractivity (Wildman–Crippen MR) is 73.8 cm³/mol. The predicted octanol–water partition coefficient (Wildman–Crippen LogP) is 2.64. The van der Waals surface area contributed by atoms with Crippen LogP contribution >= 0.6 is 0 Å². The molecule has 1 aliphatic rings. The summed E-state index contributed by atoms with van der Waals surface area (Å²) in [6.07, 6.45) is 0.782. The van der Waals surface area contributed by atoms with Gasteiger partial charge in [0, 0.05) is 5.56 Å². The molecule has 0 radical (unpaired) electrons. The van der Waals surface area contributed by atoms with E-state index in [-0.39, 0.29) is 6.04 Å². The summed E-state index contributed by atoms with van der Waals surface area (Å²) < 4.78 is 24.1. The normalized spacial score (nSPS) is 17.0. The summed E-state index contributed by atoms with van der Waals surface area (Å²) in [4.78, 5) is 3.80. The van der Waals surface area contributed by atoms with E-state index < -0.39 is 5.95 Å². The molecule has 1 N–H and O–H groups in total. The van der Waals surface area contributed by atoms with Gasteiger partial charge in [-0.1, -0.05) is 18.2 Å². The molecule has 0 saturated heterocycles. The Morgan fingerprint density at radius 1 is 1.30 bits per heavy atom. The molecule has 2 aromatic rings. The number of methoxy groups -OCH3 is 1. The van der Waals surface area contributed by atoms with Crippen molar-refractivity contribution in [3.63, 3.8) is 0 Å². The number of fused-ring (bicyclic) bond motifs is 1. The molecule has 104 valence electrons. The Bertz CT molecular complexity index is 619. The molecule has 1 unspecified atom stereocenters. The molecular formula is C15H15FN2O2. The standard InChI is InChI=1S/C15H15FN2O2/c1-19-12-5-2-4-10-8-11(9-20-15(10)12)17-14-7-3-6-13(16)18-14/h2-7,11H,8-9H2,1H3,(H,17,18). The van der Waals surface area contributed by atoms with E-state index in [1.54, 1.807) is 19.2 Å². The second-order valence-electron chi connectivity index (χ2n) is 4.65. The van der Waals surface area contributed by atoms with Crippen LogP contribution in [0.1, 0.15) is 5.56 Å². The van der Waals surface area contributed by atoms with Gasteiger partial charge >= 0.3 is 0 Å². The molecule has 0 fully saturated rings. The van der Waals surface area contributed by atoms with Crippen LogP contribution in [0.3, 0.4) is 0 Å². The number of nitrogens with zero attached hydrogens (tertiary/aromatic N) is 1. The van der Waals surface area contributed by atoms with E-state index >= 15 is 0 Å². The average molecular weight is 274 g/mol. The molecule has 2 heterocycles. The molecule has 0 saturated carbocycles. The van der Waals surface area contributed by atoms with Crippen molar-refractivity contribution in [1.82, 2.24) is 4.98 Å². The summed E-state index contributed by atoms with van der Waals surface area (Å²) in [5.41, 5.74) is 1.07. The third-order valence-corrected chi connectivity index (χ3v) is 3.24. The van der Waals surface area contributed by atoms with Gasteiger partial charge in [-0.15, -0.1) is 0 Å². The van der Waals surface area contributed by atoms with Gasteiger partial charge in [-0.25, -0.2) is 4.98 Å². The molecule has 0 amide bonds. The summed E-state index contributed by atoms with van der Waals surface area (Å²) in [5, 5.41) is 3.18. The third-order valence-electron chi connectivity index (χ3n) is 3.24. The van der Waals surface area contributed by atoms with Crippen LogP contribution in [-0.2, 0) is 6.42 Å². The van der Waals surface area contributed by atoms with Crippen LogP contribution in [0.5, 0.6) is 11.5 Å². The number of para-hydroxylation sites is 1. The Morgan fingerprint density at radius 2 is 2.15 bits per heavy atom. The lowest BCUT2D eigenvalue weighted by atomic mass is 10.0. The van der Waals surface area contributed by atoms with Crippen molar-refractivity contribution in [3.8, 4) is 11.5 Å². The largest absolute Gasteiger partial charge is 0.493 e. The highest BCUT2D eigenvalue weighted by molar-refractivity contribution is 5.49. The Balaban J connectivity index is 1.76. The van der Waals surface area contributed by atoms with E-state index in [4.69, 9.17) is 9.47 Å². The van der Waals surface area contributed by atoms with Crippen LogP contribution < -0.4 is 14.8 Å². The van der Waals surface area contributed by atoms with Gasteiger partial charge in [0.15, 0.2) is 11.5 Å². The van der Waals surface area contributed by atoms with Crippen LogP contribution in [0.25, 0.3) is 0 Å². The summed E-state index contributed by atoms with van der Waals surface area (Å²) in [6.45, 7) is 0.492. The Morgan fingerprint density at radius 3 is 2.95 bits per heavy atom. The second kappa shape index (κ2) is 5.36. The van der Waals surface area contributed by atoms with Gasteiger partial charge < -0.3 is 14.8 Å². The number of halogens is 1. The maximum Gasteiger partial charge on any atom is 0.214 e. The van der Waals surface area contributed by atoms with Gasteiger partial charge in [-0.2, -0.15) is 4.39 Å². The van der Waals surface area contributed by atoms with E-state index in [2.05, 4.69) is 10.3 Å². The summed E-state index contributed by atoms with van der Waals surface area (Å²) in [7, 11) is 1.62. The third kappa shape index (κ3) is 2.52. The van der Waals surface area contributed by atoms with Crippen LogP contribution in [0.2, 0.25) is 0 Å². The molecule has 4 nitrogen and oxygen atoms in total. The van der Waals surface area contributed by atoms with E-state index in [0.717, 1.165) is 23.5 Å². The fourth-order valence-electron chi connectivity index (χ4n) is 2.35. The monoisotopic (exact) mass is 274 g/mol. The fourth-order valence-corrected chi connectivity index (χ4v) is 2.35. The topological polar surface area (TPSA) is 43.4 Å². The Kier molecular flexibility index (Phi) is 3.41. The number of rotatable bonds is 3. The number of ether oxygens (including phenoxy) is 2. The molecule has 0 spiro atoms. The van der Waals surface area contributed by atoms with Gasteiger partial charge in [0.05, 0.1) is 13.2 Å². The minimum absolute atomic E-state index is 0.0592. The molecule has 20 heavy (non-hydrogen) atoms. The number of anilines is 1. The maximum absolute atomic E-state index is 13.1. The zero-order valence-corrected chi connectivity index (χ0v) is 11.1. The minimum atomic E-state index is -0.492. The smallest absolute Gasteiger partial charge is 0.214 e. The van der Waals surface area contributed by atoms with Crippen LogP contribution in [0.4, 0.5) is 10.2 Å². The maximum atomic E-state index is 13.1. The van der Waals surface area contributed by atoms with Gasteiger partial charge in [-0.3, -0.25) is 0 Å². The number of nitrogens with one attached hydrogen (secondary N) is 1. The fraction of sp³-hybridized carbons (Fsp3) is 0.267. The second-order valence-corrected chi connectivity index (χ2v) is 4.65. The quantitative estimate of drug-likeness (QED) is 0.874. The van der Waals surface area contributed by atoms with Crippen molar-refractivity contribution in [2.24, 2.45) is 0 Å². The Hall–Kier alpha value is -2.30.